The van der Waals surface area contributed by atoms with Crippen molar-refractivity contribution in [2.45, 2.75) is 29.5 Å². The minimum atomic E-state index is -4.70. The summed E-state index contributed by atoms with van der Waals surface area (Å²) in [6.45, 7) is 0. The molecule has 108 valence electrons. The van der Waals surface area contributed by atoms with Crippen LogP contribution in [0.15, 0.2) is 23.1 Å². The highest BCUT2D eigenvalue weighted by Crippen LogP contribution is 2.49. The van der Waals surface area contributed by atoms with Crippen molar-refractivity contribution in [1.29, 1.82) is 5.26 Å². The predicted molar refractivity (Wildman–Crippen MR) is 59.5 cm³/mol. The Hall–Kier alpha value is -1.66. The molecule has 0 unspecified atom stereocenters. The van der Waals surface area contributed by atoms with Crippen molar-refractivity contribution >= 4 is 10.0 Å². The first-order chi connectivity index (χ1) is 9.11. The monoisotopic (exact) mass is 308 g/mol. The smallest absolute Gasteiger partial charge is 0.207 e. The number of nitrogens with one attached hydrogen (secondary N) is 1. The fourth-order valence-corrected chi connectivity index (χ4v) is 3.11. The molecule has 1 aliphatic carbocycles. The Balaban J connectivity index is 2.36. The van der Waals surface area contributed by atoms with Gasteiger partial charge in [0.2, 0.25) is 10.0 Å². The first-order valence-electron chi connectivity index (χ1n) is 5.42. The molecule has 0 aliphatic heterocycles. The lowest BCUT2D eigenvalue weighted by Crippen LogP contribution is -2.47. The maximum atomic E-state index is 13.1. The van der Waals surface area contributed by atoms with Crippen molar-refractivity contribution in [3.63, 3.8) is 0 Å². The Morgan fingerprint density at radius 1 is 1.30 bits per heavy atom. The summed E-state index contributed by atoms with van der Waals surface area (Å²) in [7, 11) is -4.48. The molecule has 1 aliphatic rings. The second-order valence-corrected chi connectivity index (χ2v) is 6.12. The largest absolute Gasteiger partial charge is 0.407 e. The normalized spacial score (nSPS) is 17.6. The minimum absolute atomic E-state index is 0.345. The molecule has 4 nitrogen and oxygen atoms in total. The summed E-state index contributed by atoms with van der Waals surface area (Å²) in [5.74, 6) is -0.941. The van der Waals surface area contributed by atoms with E-state index in [9.17, 15) is 26.0 Å². The molecule has 1 N–H and O–H groups in total. The number of halogens is 4. The van der Waals surface area contributed by atoms with Crippen molar-refractivity contribution in [2.75, 3.05) is 0 Å². The van der Waals surface area contributed by atoms with E-state index in [1.807, 2.05) is 0 Å². The van der Waals surface area contributed by atoms with Gasteiger partial charge in [-0.15, -0.1) is 0 Å². The maximum Gasteiger partial charge on any atom is 0.407 e. The quantitative estimate of drug-likeness (QED) is 0.869. The average Bonchev–Trinajstić information content (AvgIpc) is 3.09. The number of rotatable bonds is 3. The molecule has 0 atom stereocenters. The number of sulfonamides is 1. The van der Waals surface area contributed by atoms with Crippen LogP contribution in [-0.2, 0) is 10.0 Å². The van der Waals surface area contributed by atoms with Gasteiger partial charge in [-0.3, -0.25) is 0 Å². The predicted octanol–water partition coefficient (Wildman–Crippen LogP) is 2.07. The van der Waals surface area contributed by atoms with E-state index in [2.05, 4.69) is 0 Å². The van der Waals surface area contributed by atoms with Crippen molar-refractivity contribution in [2.24, 2.45) is 0 Å². The Labute approximate surface area is 112 Å². The minimum Gasteiger partial charge on any atom is -0.207 e. The molecule has 0 saturated heterocycles. The average molecular weight is 308 g/mol. The molecular weight excluding hydrogens is 300 g/mol. The summed E-state index contributed by atoms with van der Waals surface area (Å²) in [4.78, 5) is -0.578. The Bertz CT molecular complexity index is 687. The van der Waals surface area contributed by atoms with Gasteiger partial charge in [0.15, 0.2) is 0 Å². The third-order valence-corrected chi connectivity index (χ3v) is 4.52. The summed E-state index contributed by atoms with van der Waals surface area (Å²) in [6.07, 6.45) is -5.39. The molecule has 2 rings (SSSR count). The highest BCUT2D eigenvalue weighted by Gasteiger charge is 2.65. The van der Waals surface area contributed by atoms with Crippen LogP contribution >= 0.6 is 0 Å². The molecule has 1 aromatic rings. The van der Waals surface area contributed by atoms with E-state index < -0.39 is 38.0 Å². The molecule has 20 heavy (non-hydrogen) atoms. The van der Waals surface area contributed by atoms with E-state index in [-0.39, 0.29) is 12.8 Å². The lowest BCUT2D eigenvalue weighted by molar-refractivity contribution is -0.160. The summed E-state index contributed by atoms with van der Waals surface area (Å²) in [5, 5.41) is 8.60. The molecule has 9 heteroatoms. The van der Waals surface area contributed by atoms with E-state index >= 15 is 0 Å². The number of hydrogen-bond donors (Lipinski definition) is 1. The number of alkyl halides is 3. The van der Waals surface area contributed by atoms with E-state index in [1.54, 1.807) is 4.72 Å². The van der Waals surface area contributed by atoms with Gasteiger partial charge in [0.25, 0.3) is 0 Å². The van der Waals surface area contributed by atoms with Crippen LogP contribution in [0.3, 0.4) is 0 Å². The Kier molecular flexibility index (Phi) is 3.26. The number of nitriles is 1. The molecule has 0 bridgehead atoms. The molecular formula is C11H8F4N2O2S. The standard InChI is InChI=1S/C11H8F4N2O2S/c12-9-2-1-8(5-7(9)6-16)20(18,19)17-10(3-4-10)11(13,14)15/h1-2,5,17H,3-4H2. The highest BCUT2D eigenvalue weighted by atomic mass is 32.2. The first kappa shape index (κ1) is 14.7. The third-order valence-electron chi connectivity index (χ3n) is 2.99. The summed E-state index contributed by atoms with van der Waals surface area (Å²) in [5.41, 5.74) is -3.00. The SMILES string of the molecule is N#Cc1cc(S(=O)(=O)NC2(C(F)(F)F)CC2)ccc1F. The first-order valence-corrected chi connectivity index (χ1v) is 6.90. The summed E-state index contributed by atoms with van der Waals surface area (Å²) >= 11 is 0. The van der Waals surface area contributed by atoms with Crippen LogP contribution in [0.2, 0.25) is 0 Å². The fraction of sp³-hybridized carbons (Fsp3) is 0.364. The molecule has 1 aromatic carbocycles. The van der Waals surface area contributed by atoms with Gasteiger partial charge in [0, 0.05) is 0 Å². The second kappa shape index (κ2) is 4.43. The van der Waals surface area contributed by atoms with Crippen LogP contribution in [0, 0.1) is 17.1 Å². The van der Waals surface area contributed by atoms with Gasteiger partial charge in [0.1, 0.15) is 17.4 Å². The van der Waals surface area contributed by atoms with Gasteiger partial charge in [-0.1, -0.05) is 0 Å². The zero-order chi connectivity index (χ0) is 15.2. The summed E-state index contributed by atoms with van der Waals surface area (Å²) < 4.78 is 76.5. The molecule has 0 heterocycles. The van der Waals surface area contributed by atoms with Gasteiger partial charge < -0.3 is 0 Å². The van der Waals surface area contributed by atoms with Crippen molar-refractivity contribution in [3.8, 4) is 6.07 Å². The summed E-state index contributed by atoms with van der Waals surface area (Å²) in [6, 6.07) is 3.66. The Morgan fingerprint density at radius 3 is 2.35 bits per heavy atom. The van der Waals surface area contributed by atoms with Gasteiger partial charge in [-0.05, 0) is 31.0 Å². The van der Waals surface area contributed by atoms with Crippen LogP contribution in [0.5, 0.6) is 0 Å². The van der Waals surface area contributed by atoms with Crippen LogP contribution in [0.4, 0.5) is 17.6 Å². The number of hydrogen-bond acceptors (Lipinski definition) is 3. The van der Waals surface area contributed by atoms with Gasteiger partial charge in [-0.2, -0.15) is 23.2 Å². The van der Waals surface area contributed by atoms with Crippen molar-refractivity contribution in [3.05, 3.63) is 29.6 Å². The maximum absolute atomic E-state index is 13.1. The van der Waals surface area contributed by atoms with Crippen molar-refractivity contribution < 1.29 is 26.0 Å². The zero-order valence-electron chi connectivity index (χ0n) is 9.83. The molecule has 0 aromatic heterocycles. The third kappa shape index (κ3) is 2.48. The molecule has 1 fully saturated rings. The molecule has 0 spiro atoms. The molecule has 0 radical (unpaired) electrons. The lowest BCUT2D eigenvalue weighted by Gasteiger charge is -2.20. The lowest BCUT2D eigenvalue weighted by atomic mass is 10.2. The molecule has 1 saturated carbocycles. The fourth-order valence-electron chi connectivity index (χ4n) is 1.64. The van der Waals surface area contributed by atoms with E-state index in [0.29, 0.717) is 6.07 Å². The van der Waals surface area contributed by atoms with Crippen LogP contribution in [-0.4, -0.2) is 20.1 Å². The van der Waals surface area contributed by atoms with E-state index in [4.69, 9.17) is 5.26 Å². The molecule has 0 amide bonds. The van der Waals surface area contributed by atoms with Gasteiger partial charge in [-0.25, -0.2) is 12.8 Å². The topological polar surface area (TPSA) is 70.0 Å². The Morgan fingerprint density at radius 2 is 1.90 bits per heavy atom. The van der Waals surface area contributed by atoms with E-state index in [1.165, 1.54) is 6.07 Å². The number of benzene rings is 1. The zero-order valence-corrected chi connectivity index (χ0v) is 10.6. The second-order valence-electron chi connectivity index (χ2n) is 4.44. The van der Waals surface area contributed by atoms with Crippen molar-refractivity contribution in [1.82, 2.24) is 4.72 Å². The number of nitrogens with zero attached hydrogens (tertiary/aromatic N) is 1. The van der Waals surface area contributed by atoms with Crippen LogP contribution in [0.1, 0.15) is 18.4 Å². The van der Waals surface area contributed by atoms with Crippen LogP contribution in [0.25, 0.3) is 0 Å². The highest BCUT2D eigenvalue weighted by molar-refractivity contribution is 7.89. The van der Waals surface area contributed by atoms with Gasteiger partial charge in [0.05, 0.1) is 10.5 Å². The van der Waals surface area contributed by atoms with Crippen LogP contribution < -0.4 is 4.72 Å². The van der Waals surface area contributed by atoms with E-state index in [0.717, 1.165) is 12.1 Å². The van der Waals surface area contributed by atoms with Gasteiger partial charge >= 0.3 is 6.18 Å².